The van der Waals surface area contributed by atoms with Gasteiger partial charge in [-0.3, -0.25) is 4.57 Å². The number of fused-ring (bicyclic) bond motifs is 1. The van der Waals surface area contributed by atoms with E-state index in [1.54, 1.807) is 47.6 Å². The van der Waals surface area contributed by atoms with Gasteiger partial charge in [0.05, 0.1) is 13.7 Å². The minimum Gasteiger partial charge on any atom is -0.479 e. The molecular formula is C32H60N5O10PSi3. The van der Waals surface area contributed by atoms with Crippen LogP contribution in [0.3, 0.4) is 0 Å². The highest BCUT2D eigenvalue weighted by Crippen LogP contribution is 2.54. The number of imide groups is 1. The summed E-state index contributed by atoms with van der Waals surface area (Å²) in [6.45, 7) is 32.3. The van der Waals surface area contributed by atoms with Crippen LogP contribution in [0.4, 0.5) is 15.5 Å². The first-order valence-corrected chi connectivity index (χ1v) is 28.2. The number of hydrogen-bond donors (Lipinski definition) is 0. The molecule has 290 valence electrons. The predicted molar refractivity (Wildman–Crippen MR) is 206 cm³/mol. The van der Waals surface area contributed by atoms with Crippen LogP contribution in [0.15, 0.2) is 18.2 Å². The van der Waals surface area contributed by atoms with Crippen LogP contribution in [-0.2, 0) is 26.9 Å². The summed E-state index contributed by atoms with van der Waals surface area (Å²) in [7, 11) is -9.27. The van der Waals surface area contributed by atoms with E-state index in [0.29, 0.717) is 4.90 Å². The molecule has 0 bridgehead atoms. The lowest BCUT2D eigenvalue weighted by Gasteiger charge is -2.37. The predicted octanol–water partition coefficient (Wildman–Crippen LogP) is 8.74. The molecule has 15 nitrogen and oxygen atoms in total. The van der Waals surface area contributed by atoms with Crippen molar-refractivity contribution in [2.24, 2.45) is 0 Å². The third-order valence-corrected chi connectivity index (χ3v) is 18.3. The molecule has 0 radical (unpaired) electrons. The zero-order valence-electron chi connectivity index (χ0n) is 33.8. The molecule has 0 spiro atoms. The van der Waals surface area contributed by atoms with Crippen molar-refractivity contribution in [2.75, 3.05) is 18.6 Å². The van der Waals surface area contributed by atoms with E-state index in [1.807, 2.05) is 39.3 Å². The summed E-state index contributed by atoms with van der Waals surface area (Å²) >= 11 is 0. The van der Waals surface area contributed by atoms with E-state index in [9.17, 15) is 14.2 Å². The molecule has 0 aromatic carbocycles. The molecule has 2 amide bonds. The Hall–Kier alpha value is -2.61. The molecule has 2 aromatic rings. The maximum Gasteiger partial charge on any atom is 0.427 e. The molecule has 0 aliphatic carbocycles. The first-order valence-electron chi connectivity index (χ1n) is 16.8. The molecule has 2 heterocycles. The lowest BCUT2D eigenvalue weighted by Crippen LogP contribution is -2.44. The van der Waals surface area contributed by atoms with Crippen LogP contribution in [0.25, 0.3) is 11.2 Å². The molecule has 19 heteroatoms. The fourth-order valence-corrected chi connectivity index (χ4v) is 12.3. The monoisotopic (exact) mass is 789 g/mol. The van der Waals surface area contributed by atoms with E-state index in [-0.39, 0.29) is 28.7 Å². The van der Waals surface area contributed by atoms with Crippen LogP contribution in [0.5, 0.6) is 5.88 Å². The number of nitrogens with zero attached hydrogens (tertiary/aromatic N) is 5. The molecule has 2 aromatic heterocycles. The van der Waals surface area contributed by atoms with Gasteiger partial charge in [-0.25, -0.2) is 14.6 Å². The lowest BCUT2D eigenvalue weighted by molar-refractivity contribution is 0.0374. The number of anilines is 1. The molecule has 0 saturated heterocycles. The zero-order valence-corrected chi connectivity index (χ0v) is 37.7. The fourth-order valence-electron chi connectivity index (χ4n) is 3.83. The molecule has 1 atom stereocenters. The van der Waals surface area contributed by atoms with Gasteiger partial charge >= 0.3 is 19.8 Å². The summed E-state index contributed by atoms with van der Waals surface area (Å²) in [5.41, 5.74) is -1.69. The van der Waals surface area contributed by atoms with Crippen molar-refractivity contribution in [2.45, 2.75) is 137 Å². The number of aromatic nitrogens is 4. The summed E-state index contributed by atoms with van der Waals surface area (Å²) in [6.07, 6.45) is -0.0189. The molecule has 0 fully saturated rings. The molecule has 1 unspecified atom stereocenters. The summed E-state index contributed by atoms with van der Waals surface area (Å²) in [6, 6.07) is 0. The Morgan fingerprint density at radius 1 is 0.863 bits per heavy atom. The third kappa shape index (κ3) is 14.0. The molecule has 0 saturated carbocycles. The van der Waals surface area contributed by atoms with E-state index >= 15 is 0 Å². The minimum atomic E-state index is -3.70. The highest BCUT2D eigenvalue weighted by atomic mass is 31.2. The van der Waals surface area contributed by atoms with Crippen molar-refractivity contribution in [1.82, 2.24) is 19.7 Å². The Balaban J connectivity index is 2.76. The highest BCUT2D eigenvalue weighted by molar-refractivity contribution is 7.60. The van der Waals surface area contributed by atoms with Gasteiger partial charge < -0.3 is 31.9 Å². The fraction of sp³-hybridized carbons (Fsp3) is 0.719. The smallest absolute Gasteiger partial charge is 0.427 e. The normalized spacial score (nSPS) is 14.5. The van der Waals surface area contributed by atoms with Gasteiger partial charge in [0, 0.05) is 5.82 Å². The maximum atomic E-state index is 14.2. The second-order valence-electron chi connectivity index (χ2n) is 17.6. The van der Waals surface area contributed by atoms with Crippen LogP contribution in [0, 0.1) is 0 Å². The summed E-state index contributed by atoms with van der Waals surface area (Å²) in [4.78, 5) is 47.1. The Labute approximate surface area is 306 Å². The van der Waals surface area contributed by atoms with E-state index in [2.05, 4.69) is 48.8 Å². The average Bonchev–Trinajstić information content (AvgIpc) is 3.27. The van der Waals surface area contributed by atoms with Gasteiger partial charge in [-0.2, -0.15) is 14.7 Å². The molecule has 0 aliphatic heterocycles. The molecular weight excluding hydrogens is 730 g/mol. The molecule has 51 heavy (non-hydrogen) atoms. The maximum absolute atomic E-state index is 14.2. The van der Waals surface area contributed by atoms with Crippen molar-refractivity contribution >= 4 is 61.8 Å². The van der Waals surface area contributed by atoms with Gasteiger partial charge in [0.2, 0.25) is 17.5 Å². The number of rotatable bonds is 13. The van der Waals surface area contributed by atoms with E-state index in [0.717, 1.165) is 0 Å². The third-order valence-electron chi connectivity index (χ3n) is 6.82. The minimum absolute atomic E-state index is 0.0457. The van der Waals surface area contributed by atoms with Crippen LogP contribution < -0.4 is 14.5 Å². The van der Waals surface area contributed by atoms with Gasteiger partial charge in [0.1, 0.15) is 17.5 Å². The van der Waals surface area contributed by atoms with Crippen LogP contribution in [0.1, 0.15) is 62.3 Å². The largest absolute Gasteiger partial charge is 0.479 e. The summed E-state index contributed by atoms with van der Waals surface area (Å²) in [5.74, 6) is 1.00. The van der Waals surface area contributed by atoms with Gasteiger partial charge in [-0.1, -0.05) is 20.8 Å². The number of methoxy groups -OCH3 is 1. The van der Waals surface area contributed by atoms with Crippen LogP contribution >= 0.6 is 7.60 Å². The number of carbonyl (C=O) groups excluding carboxylic acids is 2. The molecule has 0 aliphatic rings. The standard InChI is InChI=1S/C32H60N5O10PSi3/c1-30(2,3)43-28(38)37(29(39)44-31(4,5)6)27-34-25-24(26(35-27)41-10)33-22-36(25)45-23(21-42-51(17,18)32(7,8)9)19-20-48(40,46-49(11,12)13)47-50(14,15)16/h19-20,22-23H,21H2,1-18H3/b20-19+. The Kier molecular flexibility index (Phi) is 13.8. The van der Waals surface area contributed by atoms with E-state index in [4.69, 9.17) is 31.9 Å². The summed E-state index contributed by atoms with van der Waals surface area (Å²) < 4.78 is 50.7. The van der Waals surface area contributed by atoms with Gasteiger partial charge in [-0.05, 0) is 105 Å². The lowest BCUT2D eigenvalue weighted by atomic mass is 10.2. The quantitative estimate of drug-likeness (QED) is 0.140. The number of hydrogen-bond acceptors (Lipinski definition) is 13. The molecule has 0 N–H and O–H groups in total. The van der Waals surface area contributed by atoms with Gasteiger partial charge in [0.25, 0.3) is 0 Å². The Bertz CT molecular complexity index is 1570. The van der Waals surface area contributed by atoms with E-state index < -0.39 is 68.0 Å². The van der Waals surface area contributed by atoms with Crippen molar-refractivity contribution < 1.29 is 46.1 Å². The SMILES string of the molecule is COc1nc(N(C(=O)OC(C)(C)C)C(=O)OC(C)(C)C)nc2c1ncn2OC(/C=C/P(=O)(O[Si](C)(C)C)O[Si](C)(C)C)CO[Si](C)(C)C(C)(C)C. The topological polar surface area (TPSA) is 163 Å². The highest BCUT2D eigenvalue weighted by Gasteiger charge is 2.39. The van der Waals surface area contributed by atoms with Gasteiger partial charge in [-0.15, -0.1) is 4.90 Å². The second kappa shape index (κ2) is 15.8. The number of imidazole rings is 1. The number of ether oxygens (including phenoxy) is 3. The average molecular weight is 790 g/mol. The van der Waals surface area contributed by atoms with Crippen molar-refractivity contribution in [3.8, 4) is 5.88 Å². The Morgan fingerprint density at radius 3 is 1.76 bits per heavy atom. The number of carbonyl (C=O) groups is 2. The zero-order chi connectivity index (χ0) is 39.6. The number of amides is 2. The van der Waals surface area contributed by atoms with Crippen LogP contribution in [-0.4, -0.2) is 87.8 Å². The van der Waals surface area contributed by atoms with Crippen molar-refractivity contribution in [3.05, 3.63) is 18.2 Å². The second-order valence-corrected chi connectivity index (χ2v) is 33.7. The van der Waals surface area contributed by atoms with Crippen molar-refractivity contribution in [1.29, 1.82) is 0 Å². The van der Waals surface area contributed by atoms with Gasteiger partial charge in [0.15, 0.2) is 36.6 Å². The van der Waals surface area contributed by atoms with E-state index in [1.165, 1.54) is 24.0 Å². The Morgan fingerprint density at radius 2 is 1.35 bits per heavy atom. The van der Waals surface area contributed by atoms with Crippen LogP contribution in [0.2, 0.25) is 57.4 Å². The molecule has 2 rings (SSSR count). The first-order chi connectivity index (χ1) is 22.7. The summed E-state index contributed by atoms with van der Waals surface area (Å²) in [5, 5.41) is -0.109. The first kappa shape index (κ1) is 44.6. The van der Waals surface area contributed by atoms with Crippen molar-refractivity contribution in [3.63, 3.8) is 0 Å².